The Hall–Kier alpha value is -2.83. The van der Waals surface area contributed by atoms with Crippen LogP contribution < -0.4 is 10.6 Å². The van der Waals surface area contributed by atoms with Crippen LogP contribution in [0.1, 0.15) is 20.8 Å². The first-order valence-corrected chi connectivity index (χ1v) is 7.86. The number of benzene rings is 1. The number of anilines is 1. The molecule has 0 spiro atoms. The summed E-state index contributed by atoms with van der Waals surface area (Å²) in [6.45, 7) is 6.44. The topological polar surface area (TPSA) is 80.5 Å². The van der Waals surface area contributed by atoms with Crippen molar-refractivity contribution in [3.8, 4) is 0 Å². The predicted octanol–water partition coefficient (Wildman–Crippen LogP) is 2.82. The lowest BCUT2D eigenvalue weighted by Crippen LogP contribution is -2.35. The smallest absolute Gasteiger partial charge is 0.407 e. The van der Waals surface area contributed by atoms with E-state index in [4.69, 9.17) is 4.74 Å². The molecule has 0 unspecified atom stereocenters. The van der Waals surface area contributed by atoms with Crippen LogP contribution in [0.3, 0.4) is 0 Å². The van der Waals surface area contributed by atoms with Crippen LogP contribution in [0.25, 0.3) is 16.7 Å². The van der Waals surface area contributed by atoms with Gasteiger partial charge in [-0.3, -0.25) is 4.40 Å². The van der Waals surface area contributed by atoms with Crippen molar-refractivity contribution in [3.05, 3.63) is 36.7 Å². The minimum absolute atomic E-state index is 0.427. The van der Waals surface area contributed by atoms with Gasteiger partial charge in [0.25, 0.3) is 0 Å². The van der Waals surface area contributed by atoms with Gasteiger partial charge in [0, 0.05) is 25.5 Å². The summed E-state index contributed by atoms with van der Waals surface area (Å²) in [6, 6.07) is 7.89. The maximum atomic E-state index is 11.6. The number of hydrogen-bond donors (Lipinski definition) is 2. The zero-order chi connectivity index (χ0) is 17.2. The number of nitrogens with zero attached hydrogens (tertiary/aromatic N) is 3. The van der Waals surface area contributed by atoms with Gasteiger partial charge in [-0.25, -0.2) is 14.8 Å². The lowest BCUT2D eigenvalue weighted by atomic mass is 10.2. The number of imidazole rings is 1. The summed E-state index contributed by atoms with van der Waals surface area (Å²) in [5.74, 6) is 0.685. The average molecular weight is 327 g/mol. The van der Waals surface area contributed by atoms with Crippen LogP contribution in [0, 0.1) is 0 Å². The minimum atomic E-state index is -0.501. The predicted molar refractivity (Wildman–Crippen MR) is 93.2 cm³/mol. The second-order valence-corrected chi connectivity index (χ2v) is 6.43. The molecular weight excluding hydrogens is 306 g/mol. The van der Waals surface area contributed by atoms with Crippen LogP contribution in [0.5, 0.6) is 0 Å². The van der Waals surface area contributed by atoms with E-state index in [1.54, 1.807) is 6.20 Å². The quantitative estimate of drug-likeness (QED) is 0.720. The van der Waals surface area contributed by atoms with E-state index in [-0.39, 0.29) is 0 Å². The first-order valence-electron chi connectivity index (χ1n) is 7.86. The molecule has 2 aromatic heterocycles. The molecule has 126 valence electrons. The first kappa shape index (κ1) is 16.0. The van der Waals surface area contributed by atoms with E-state index in [1.807, 2.05) is 55.6 Å². The fraction of sp³-hybridized carbons (Fsp3) is 0.353. The molecular formula is C17H21N5O2. The van der Waals surface area contributed by atoms with Gasteiger partial charge in [0.15, 0.2) is 11.5 Å². The minimum Gasteiger partial charge on any atom is -0.444 e. The van der Waals surface area contributed by atoms with Crippen molar-refractivity contribution in [3.63, 3.8) is 0 Å². The fourth-order valence-electron chi connectivity index (χ4n) is 2.38. The third-order valence-electron chi connectivity index (χ3n) is 3.31. The highest BCUT2D eigenvalue weighted by molar-refractivity contribution is 5.82. The number of aromatic nitrogens is 3. The molecule has 1 amide bonds. The van der Waals surface area contributed by atoms with E-state index in [0.717, 1.165) is 16.7 Å². The molecule has 0 aliphatic rings. The molecule has 3 rings (SSSR count). The van der Waals surface area contributed by atoms with Crippen molar-refractivity contribution in [2.75, 3.05) is 18.4 Å². The normalized spacial score (nSPS) is 11.6. The molecule has 2 N–H and O–H groups in total. The monoisotopic (exact) mass is 327 g/mol. The first-order chi connectivity index (χ1) is 11.4. The van der Waals surface area contributed by atoms with E-state index < -0.39 is 11.7 Å². The average Bonchev–Trinajstić information content (AvgIpc) is 2.99. The van der Waals surface area contributed by atoms with Crippen LogP contribution in [-0.2, 0) is 4.74 Å². The number of hydrogen-bond acceptors (Lipinski definition) is 5. The zero-order valence-corrected chi connectivity index (χ0v) is 14.0. The Kier molecular flexibility index (Phi) is 4.24. The number of ether oxygens (including phenoxy) is 1. The van der Waals surface area contributed by atoms with E-state index >= 15 is 0 Å². The third kappa shape index (κ3) is 3.56. The molecule has 0 bridgehead atoms. The highest BCUT2D eigenvalue weighted by Gasteiger charge is 2.15. The second kappa shape index (κ2) is 6.35. The van der Waals surface area contributed by atoms with Crippen molar-refractivity contribution in [2.45, 2.75) is 26.4 Å². The number of amides is 1. The van der Waals surface area contributed by atoms with Crippen molar-refractivity contribution in [2.24, 2.45) is 0 Å². The summed E-state index contributed by atoms with van der Waals surface area (Å²) in [4.78, 5) is 20.6. The summed E-state index contributed by atoms with van der Waals surface area (Å²) >= 11 is 0. The van der Waals surface area contributed by atoms with Crippen LogP contribution in [-0.4, -0.2) is 39.2 Å². The highest BCUT2D eigenvalue weighted by Crippen LogP contribution is 2.19. The molecule has 3 aromatic rings. The van der Waals surface area contributed by atoms with Gasteiger partial charge in [0.1, 0.15) is 5.60 Å². The Labute approximate surface area is 140 Å². The van der Waals surface area contributed by atoms with Gasteiger partial charge in [-0.05, 0) is 32.9 Å². The molecule has 0 radical (unpaired) electrons. The Morgan fingerprint density at radius 3 is 2.83 bits per heavy atom. The molecule has 2 heterocycles. The summed E-state index contributed by atoms with van der Waals surface area (Å²) in [5.41, 5.74) is 2.14. The molecule has 0 atom stereocenters. The molecule has 7 heteroatoms. The van der Waals surface area contributed by atoms with Crippen molar-refractivity contribution in [1.29, 1.82) is 0 Å². The maximum Gasteiger partial charge on any atom is 0.407 e. The molecule has 7 nitrogen and oxygen atoms in total. The largest absolute Gasteiger partial charge is 0.444 e. The lowest BCUT2D eigenvalue weighted by molar-refractivity contribution is 0.0530. The Balaban J connectivity index is 1.67. The molecule has 1 aromatic carbocycles. The summed E-state index contributed by atoms with van der Waals surface area (Å²) in [5, 5.41) is 5.93. The Morgan fingerprint density at radius 1 is 1.25 bits per heavy atom. The SMILES string of the molecule is CC(C)(C)OC(=O)NCCNc1nc2ccccc2n2ccnc12. The van der Waals surface area contributed by atoms with Crippen LogP contribution in [0.4, 0.5) is 10.6 Å². The van der Waals surface area contributed by atoms with Gasteiger partial charge in [-0.15, -0.1) is 0 Å². The number of fused-ring (bicyclic) bond motifs is 3. The van der Waals surface area contributed by atoms with Crippen molar-refractivity contribution < 1.29 is 9.53 Å². The molecule has 0 fully saturated rings. The van der Waals surface area contributed by atoms with Gasteiger partial charge in [0.2, 0.25) is 0 Å². The van der Waals surface area contributed by atoms with E-state index in [9.17, 15) is 4.79 Å². The zero-order valence-electron chi connectivity index (χ0n) is 14.0. The molecule has 0 saturated heterocycles. The van der Waals surface area contributed by atoms with Gasteiger partial charge in [-0.1, -0.05) is 12.1 Å². The van der Waals surface area contributed by atoms with Crippen LogP contribution in [0.15, 0.2) is 36.7 Å². The van der Waals surface area contributed by atoms with Crippen LogP contribution >= 0.6 is 0 Å². The van der Waals surface area contributed by atoms with E-state index in [0.29, 0.717) is 18.9 Å². The number of nitrogens with one attached hydrogen (secondary N) is 2. The number of rotatable bonds is 4. The van der Waals surface area contributed by atoms with Gasteiger partial charge >= 0.3 is 6.09 Å². The van der Waals surface area contributed by atoms with Crippen molar-refractivity contribution >= 4 is 28.6 Å². The van der Waals surface area contributed by atoms with E-state index in [2.05, 4.69) is 20.6 Å². The van der Waals surface area contributed by atoms with Crippen molar-refractivity contribution in [1.82, 2.24) is 19.7 Å². The van der Waals surface area contributed by atoms with Gasteiger partial charge < -0.3 is 15.4 Å². The molecule has 24 heavy (non-hydrogen) atoms. The number of alkyl carbamates (subject to hydrolysis) is 1. The number of para-hydroxylation sites is 2. The maximum absolute atomic E-state index is 11.6. The number of carbonyl (C=O) groups is 1. The highest BCUT2D eigenvalue weighted by atomic mass is 16.6. The third-order valence-corrected chi connectivity index (χ3v) is 3.31. The fourth-order valence-corrected chi connectivity index (χ4v) is 2.38. The van der Waals surface area contributed by atoms with Crippen LogP contribution in [0.2, 0.25) is 0 Å². The standard InChI is InChI=1S/C17H21N5O2/c1-17(2,3)24-16(23)20-9-8-18-14-15-19-10-11-22(15)13-7-5-4-6-12(13)21-14/h4-7,10-11H,8-9H2,1-3H3,(H,18,21)(H,20,23). The van der Waals surface area contributed by atoms with E-state index in [1.165, 1.54) is 0 Å². The molecule has 0 aliphatic carbocycles. The summed E-state index contributed by atoms with van der Waals surface area (Å²) in [6.07, 6.45) is 3.22. The lowest BCUT2D eigenvalue weighted by Gasteiger charge is -2.19. The second-order valence-electron chi connectivity index (χ2n) is 6.43. The Bertz CT molecular complexity index is 866. The summed E-state index contributed by atoms with van der Waals surface area (Å²) < 4.78 is 7.19. The molecule has 0 aliphatic heterocycles. The summed E-state index contributed by atoms with van der Waals surface area (Å²) in [7, 11) is 0. The number of carbonyl (C=O) groups excluding carboxylic acids is 1. The molecule has 0 saturated carbocycles. The van der Waals surface area contributed by atoms with Gasteiger partial charge in [0.05, 0.1) is 11.0 Å². The Morgan fingerprint density at radius 2 is 2.04 bits per heavy atom. The van der Waals surface area contributed by atoms with Gasteiger partial charge in [-0.2, -0.15) is 0 Å².